The molecule has 0 fully saturated rings. The van der Waals surface area contributed by atoms with Crippen LogP contribution in [0.25, 0.3) is 21.7 Å². The number of anilines is 1. The molecule has 3 aromatic rings. The Morgan fingerprint density at radius 3 is 2.62 bits per heavy atom. The van der Waals surface area contributed by atoms with Gasteiger partial charge in [0.05, 0.1) is 20.3 Å². The van der Waals surface area contributed by atoms with Gasteiger partial charge in [-0.25, -0.2) is 13.4 Å². The minimum absolute atomic E-state index is 0.254. The lowest BCUT2D eigenvalue weighted by Gasteiger charge is -2.01. The van der Waals surface area contributed by atoms with Crippen molar-refractivity contribution < 1.29 is 8.42 Å². The Hall–Kier alpha value is -1.86. The molecule has 0 aliphatic rings. The summed E-state index contributed by atoms with van der Waals surface area (Å²) in [4.78, 5) is 5.78. The van der Waals surface area contributed by atoms with Crippen LogP contribution in [0.1, 0.15) is 5.56 Å². The van der Waals surface area contributed by atoms with Crippen LogP contribution in [0.15, 0.2) is 29.2 Å². The highest BCUT2D eigenvalue weighted by Crippen LogP contribution is 2.35. The quantitative estimate of drug-likeness (QED) is 0.787. The van der Waals surface area contributed by atoms with Crippen molar-refractivity contribution in [3.05, 3.63) is 29.8 Å². The summed E-state index contributed by atoms with van der Waals surface area (Å²) < 4.78 is 25.7. The number of imidazole rings is 1. The number of hydrogen-bond donors (Lipinski definition) is 1. The second-order valence-electron chi connectivity index (χ2n) is 5.05. The number of aromatic nitrogens is 2. The lowest BCUT2D eigenvalue weighted by Crippen LogP contribution is -1.98. The molecule has 0 aliphatic heterocycles. The van der Waals surface area contributed by atoms with Crippen molar-refractivity contribution in [2.45, 2.75) is 11.8 Å². The molecule has 0 saturated carbocycles. The number of aryl methyl sites for hydroxylation is 2. The van der Waals surface area contributed by atoms with Crippen LogP contribution in [-0.4, -0.2) is 24.2 Å². The summed E-state index contributed by atoms with van der Waals surface area (Å²) in [5.41, 5.74) is 8.18. The molecule has 0 amide bonds. The Kier molecular flexibility index (Phi) is 3.07. The van der Waals surface area contributed by atoms with E-state index in [1.165, 1.54) is 17.6 Å². The Balaban J connectivity index is 2.38. The highest BCUT2D eigenvalue weighted by Gasteiger charge is 2.19. The number of nitrogens with zero attached hydrogens (tertiary/aromatic N) is 2. The minimum atomic E-state index is -3.32. The largest absolute Gasteiger partial charge is 0.391 e. The molecule has 0 spiro atoms. The monoisotopic (exact) mass is 321 g/mol. The zero-order chi connectivity index (χ0) is 15.4. The molecule has 0 unspecified atom stereocenters. The zero-order valence-corrected chi connectivity index (χ0v) is 13.5. The third-order valence-corrected chi connectivity index (χ3v) is 5.60. The van der Waals surface area contributed by atoms with Crippen LogP contribution in [0.4, 0.5) is 5.00 Å². The van der Waals surface area contributed by atoms with Crippen molar-refractivity contribution in [2.75, 3.05) is 12.0 Å². The predicted octanol–water partition coefficient (Wildman–Crippen LogP) is 2.60. The average Bonchev–Trinajstić information content (AvgIpc) is 2.88. The molecule has 2 heterocycles. The number of nitrogens with two attached hydrogens (primary N) is 1. The Labute approximate surface area is 127 Å². The topological polar surface area (TPSA) is 78.0 Å². The summed E-state index contributed by atoms with van der Waals surface area (Å²) in [7, 11) is -1.44. The fourth-order valence-electron chi connectivity index (χ4n) is 2.42. The first-order valence-corrected chi connectivity index (χ1v) is 9.01. The molecule has 2 aromatic heterocycles. The van der Waals surface area contributed by atoms with E-state index in [0.29, 0.717) is 5.52 Å². The van der Waals surface area contributed by atoms with Crippen molar-refractivity contribution in [1.82, 2.24) is 9.55 Å². The van der Waals surface area contributed by atoms with Crippen molar-refractivity contribution in [2.24, 2.45) is 7.05 Å². The van der Waals surface area contributed by atoms with Gasteiger partial charge in [-0.3, -0.25) is 0 Å². The van der Waals surface area contributed by atoms with Crippen molar-refractivity contribution in [3.63, 3.8) is 0 Å². The van der Waals surface area contributed by atoms with E-state index in [4.69, 9.17) is 5.73 Å². The molecule has 0 bridgehead atoms. The predicted molar refractivity (Wildman–Crippen MR) is 86.3 cm³/mol. The number of thiophene rings is 1. The van der Waals surface area contributed by atoms with E-state index >= 15 is 0 Å². The molecule has 3 rings (SSSR count). The molecule has 0 radical (unpaired) electrons. The summed E-state index contributed by atoms with van der Waals surface area (Å²) in [6, 6.07) is 7.09. The third kappa shape index (κ3) is 2.22. The smallest absolute Gasteiger partial charge is 0.177 e. The van der Waals surface area contributed by atoms with Crippen LogP contribution in [0, 0.1) is 6.92 Å². The molecule has 7 heteroatoms. The summed E-state index contributed by atoms with van der Waals surface area (Å²) in [5.74, 6) is 0.736. The SMILES string of the molecule is Cc1cc(N)sc1-c1nc2c(S(C)(=O)=O)cccc2n1C. The highest BCUT2D eigenvalue weighted by molar-refractivity contribution is 7.91. The van der Waals surface area contributed by atoms with E-state index in [9.17, 15) is 8.42 Å². The van der Waals surface area contributed by atoms with Crippen molar-refractivity contribution >= 4 is 37.2 Å². The van der Waals surface area contributed by atoms with Crippen LogP contribution >= 0.6 is 11.3 Å². The van der Waals surface area contributed by atoms with E-state index < -0.39 is 9.84 Å². The molecule has 0 aliphatic carbocycles. The van der Waals surface area contributed by atoms with Crippen LogP contribution in [-0.2, 0) is 16.9 Å². The second kappa shape index (κ2) is 4.57. The van der Waals surface area contributed by atoms with Gasteiger partial charge in [-0.05, 0) is 30.7 Å². The molecular weight excluding hydrogens is 306 g/mol. The van der Waals surface area contributed by atoms with Crippen molar-refractivity contribution in [1.29, 1.82) is 0 Å². The lowest BCUT2D eigenvalue weighted by atomic mass is 10.3. The number of rotatable bonds is 2. The first-order valence-electron chi connectivity index (χ1n) is 6.31. The third-order valence-electron chi connectivity index (χ3n) is 3.41. The van der Waals surface area contributed by atoms with Gasteiger partial charge in [-0.1, -0.05) is 6.07 Å². The number of para-hydroxylation sites is 1. The van der Waals surface area contributed by atoms with Gasteiger partial charge in [0.15, 0.2) is 15.7 Å². The molecule has 2 N–H and O–H groups in total. The van der Waals surface area contributed by atoms with Gasteiger partial charge in [0.25, 0.3) is 0 Å². The summed E-state index contributed by atoms with van der Waals surface area (Å²) in [6.45, 7) is 1.97. The van der Waals surface area contributed by atoms with Gasteiger partial charge in [-0.2, -0.15) is 0 Å². The van der Waals surface area contributed by atoms with E-state index in [0.717, 1.165) is 26.8 Å². The zero-order valence-electron chi connectivity index (χ0n) is 11.9. The molecule has 5 nitrogen and oxygen atoms in total. The Bertz CT molecular complexity index is 952. The summed E-state index contributed by atoms with van der Waals surface area (Å²) in [5, 5.41) is 0.720. The maximum Gasteiger partial charge on any atom is 0.177 e. The molecule has 0 atom stereocenters. The maximum atomic E-state index is 11.9. The normalized spacial score (nSPS) is 12.1. The fraction of sp³-hybridized carbons (Fsp3) is 0.214. The molecule has 21 heavy (non-hydrogen) atoms. The number of hydrogen-bond acceptors (Lipinski definition) is 5. The highest BCUT2D eigenvalue weighted by atomic mass is 32.2. The maximum absolute atomic E-state index is 11.9. The van der Waals surface area contributed by atoms with Gasteiger partial charge < -0.3 is 10.3 Å². The fourth-order valence-corrected chi connectivity index (χ4v) is 4.21. The van der Waals surface area contributed by atoms with Gasteiger partial charge in [-0.15, -0.1) is 11.3 Å². The number of benzene rings is 1. The lowest BCUT2D eigenvalue weighted by molar-refractivity contribution is 0.602. The van der Waals surface area contributed by atoms with E-state index in [2.05, 4.69) is 4.98 Å². The van der Waals surface area contributed by atoms with Gasteiger partial charge in [0.2, 0.25) is 0 Å². The van der Waals surface area contributed by atoms with Crippen LogP contribution in [0.2, 0.25) is 0 Å². The Morgan fingerprint density at radius 2 is 2.05 bits per heavy atom. The summed E-state index contributed by atoms with van der Waals surface area (Å²) >= 11 is 1.46. The van der Waals surface area contributed by atoms with Gasteiger partial charge in [0, 0.05) is 13.3 Å². The minimum Gasteiger partial charge on any atom is -0.391 e. The van der Waals surface area contributed by atoms with Gasteiger partial charge in [0.1, 0.15) is 5.52 Å². The van der Waals surface area contributed by atoms with Gasteiger partial charge >= 0.3 is 0 Å². The van der Waals surface area contributed by atoms with E-state index in [-0.39, 0.29) is 4.90 Å². The van der Waals surface area contributed by atoms with Crippen LogP contribution in [0.5, 0.6) is 0 Å². The molecule has 0 saturated heterocycles. The average molecular weight is 321 g/mol. The van der Waals surface area contributed by atoms with Crippen molar-refractivity contribution in [3.8, 4) is 10.7 Å². The first-order chi connectivity index (χ1) is 9.79. The molecular formula is C14H15N3O2S2. The van der Waals surface area contributed by atoms with Crippen LogP contribution in [0.3, 0.4) is 0 Å². The van der Waals surface area contributed by atoms with Crippen LogP contribution < -0.4 is 5.73 Å². The van der Waals surface area contributed by atoms with E-state index in [1.54, 1.807) is 12.1 Å². The first kappa shape index (κ1) is 14.1. The molecule has 1 aromatic carbocycles. The van der Waals surface area contributed by atoms with E-state index in [1.807, 2.05) is 30.7 Å². The standard InChI is InChI=1S/C14H15N3O2S2/c1-8-7-11(15)20-13(8)14-16-12-9(17(14)2)5-4-6-10(12)21(3,18)19/h4-7H,15H2,1-3H3. The number of fused-ring (bicyclic) bond motifs is 1. The number of sulfone groups is 1. The summed E-state index contributed by atoms with van der Waals surface area (Å²) in [6.07, 6.45) is 1.20. The number of nitrogen functional groups attached to an aromatic ring is 1. The second-order valence-corrected chi connectivity index (χ2v) is 8.12. The molecule has 110 valence electrons. The Morgan fingerprint density at radius 1 is 1.33 bits per heavy atom.